The van der Waals surface area contributed by atoms with Crippen molar-refractivity contribution in [3.8, 4) is 6.07 Å². The van der Waals surface area contributed by atoms with E-state index in [4.69, 9.17) is 5.26 Å². The summed E-state index contributed by atoms with van der Waals surface area (Å²) >= 11 is 0. The largest absolute Gasteiger partial charge is 0.316 e. The summed E-state index contributed by atoms with van der Waals surface area (Å²) in [5, 5.41) is 16.3. The van der Waals surface area contributed by atoms with E-state index in [0.717, 1.165) is 19.5 Å². The first-order chi connectivity index (χ1) is 7.74. The lowest BCUT2D eigenvalue weighted by Crippen LogP contribution is -2.25. The van der Waals surface area contributed by atoms with Crippen molar-refractivity contribution in [3.05, 3.63) is 18.0 Å². The second-order valence-corrected chi connectivity index (χ2v) is 4.78. The topological polar surface area (TPSA) is 53.6 Å². The first kappa shape index (κ1) is 11.2. The molecule has 1 aliphatic carbocycles. The molecule has 0 unspecified atom stereocenters. The zero-order chi connectivity index (χ0) is 11.4. The lowest BCUT2D eigenvalue weighted by atomic mass is 10.0. The van der Waals surface area contributed by atoms with E-state index in [1.165, 1.54) is 18.4 Å². The molecular formula is C12H18N4. The van der Waals surface area contributed by atoms with Gasteiger partial charge in [0.25, 0.3) is 0 Å². The van der Waals surface area contributed by atoms with Gasteiger partial charge in [-0.1, -0.05) is 0 Å². The zero-order valence-electron chi connectivity index (χ0n) is 9.74. The molecule has 0 aliphatic heterocycles. The second-order valence-electron chi connectivity index (χ2n) is 4.78. The monoisotopic (exact) mass is 218 g/mol. The molecule has 0 bridgehead atoms. The van der Waals surface area contributed by atoms with Crippen LogP contribution in [0.3, 0.4) is 0 Å². The predicted octanol–water partition coefficient (Wildman–Crippen LogP) is 1.25. The number of nitrogens with one attached hydrogen (secondary N) is 1. The van der Waals surface area contributed by atoms with Crippen molar-refractivity contribution in [1.29, 1.82) is 5.26 Å². The molecule has 1 saturated carbocycles. The molecule has 1 fully saturated rings. The minimum atomic E-state index is 0.309. The van der Waals surface area contributed by atoms with Crippen LogP contribution in [0.5, 0.6) is 0 Å². The molecule has 0 saturated heterocycles. The van der Waals surface area contributed by atoms with Gasteiger partial charge < -0.3 is 5.32 Å². The Kier molecular flexibility index (Phi) is 3.25. The highest BCUT2D eigenvalue weighted by Gasteiger charge is 2.41. The summed E-state index contributed by atoms with van der Waals surface area (Å²) in [4.78, 5) is 0. The normalized spacial score (nSPS) is 17.0. The average molecular weight is 218 g/mol. The van der Waals surface area contributed by atoms with Crippen LogP contribution >= 0.6 is 0 Å². The molecule has 0 amide bonds. The molecule has 1 aromatic rings. The van der Waals surface area contributed by atoms with Crippen molar-refractivity contribution in [2.24, 2.45) is 12.5 Å². The number of aryl methyl sites for hydroxylation is 1. The van der Waals surface area contributed by atoms with E-state index in [1.807, 2.05) is 24.1 Å². The fraction of sp³-hybridized carbons (Fsp3) is 0.667. The third-order valence-electron chi connectivity index (χ3n) is 3.26. The van der Waals surface area contributed by atoms with Gasteiger partial charge in [-0.25, -0.2) is 0 Å². The highest BCUT2D eigenvalue weighted by Crippen LogP contribution is 2.47. The standard InChI is InChI=1S/C12H18N4/c1-16-9-11(8-15-16)2-7-14-10-12(3-4-12)5-6-13/h8-9,14H,2-5,7,10H2,1H3. The van der Waals surface area contributed by atoms with Crippen molar-refractivity contribution in [2.45, 2.75) is 25.7 Å². The maximum absolute atomic E-state index is 8.69. The van der Waals surface area contributed by atoms with Gasteiger partial charge in [-0.3, -0.25) is 4.68 Å². The Hall–Kier alpha value is -1.34. The fourth-order valence-corrected chi connectivity index (χ4v) is 1.95. The average Bonchev–Trinajstić information content (AvgIpc) is 2.90. The molecule has 2 rings (SSSR count). The summed E-state index contributed by atoms with van der Waals surface area (Å²) < 4.78 is 1.83. The lowest BCUT2D eigenvalue weighted by Gasteiger charge is -2.11. The van der Waals surface area contributed by atoms with E-state index >= 15 is 0 Å². The molecule has 0 aromatic carbocycles. The minimum Gasteiger partial charge on any atom is -0.316 e. The van der Waals surface area contributed by atoms with Crippen molar-refractivity contribution < 1.29 is 0 Å². The van der Waals surface area contributed by atoms with Crippen molar-refractivity contribution in [2.75, 3.05) is 13.1 Å². The number of aromatic nitrogens is 2. The molecule has 1 N–H and O–H groups in total. The predicted molar refractivity (Wildman–Crippen MR) is 61.7 cm³/mol. The summed E-state index contributed by atoms with van der Waals surface area (Å²) in [6, 6.07) is 2.28. The van der Waals surface area contributed by atoms with Crippen LogP contribution in [0.2, 0.25) is 0 Å². The van der Waals surface area contributed by atoms with Crippen molar-refractivity contribution in [1.82, 2.24) is 15.1 Å². The summed E-state index contributed by atoms with van der Waals surface area (Å²) in [6.07, 6.45) is 8.08. The molecule has 0 spiro atoms. The third kappa shape index (κ3) is 2.83. The van der Waals surface area contributed by atoms with Crippen LogP contribution in [0.4, 0.5) is 0 Å². The third-order valence-corrected chi connectivity index (χ3v) is 3.26. The molecule has 86 valence electrons. The first-order valence-electron chi connectivity index (χ1n) is 5.79. The van der Waals surface area contributed by atoms with Crippen LogP contribution in [-0.2, 0) is 13.5 Å². The molecule has 1 aromatic heterocycles. The van der Waals surface area contributed by atoms with Gasteiger partial charge in [0.1, 0.15) is 0 Å². The Labute approximate surface area is 96.3 Å². The number of nitriles is 1. The Morgan fingerprint density at radius 3 is 3.00 bits per heavy atom. The summed E-state index contributed by atoms with van der Waals surface area (Å²) in [6.45, 7) is 1.96. The van der Waals surface area contributed by atoms with Gasteiger partial charge in [0.2, 0.25) is 0 Å². The molecule has 4 nitrogen and oxygen atoms in total. The van der Waals surface area contributed by atoms with Gasteiger partial charge in [-0.15, -0.1) is 0 Å². The molecule has 0 radical (unpaired) electrons. The van der Waals surface area contributed by atoms with Gasteiger partial charge in [-0.2, -0.15) is 10.4 Å². The van der Waals surface area contributed by atoms with E-state index in [2.05, 4.69) is 16.5 Å². The summed E-state index contributed by atoms with van der Waals surface area (Å²) in [5.41, 5.74) is 1.57. The Morgan fingerprint density at radius 1 is 1.62 bits per heavy atom. The molecule has 16 heavy (non-hydrogen) atoms. The molecular weight excluding hydrogens is 200 g/mol. The van der Waals surface area contributed by atoms with Crippen LogP contribution in [0.1, 0.15) is 24.8 Å². The van der Waals surface area contributed by atoms with E-state index in [-0.39, 0.29) is 0 Å². The summed E-state index contributed by atoms with van der Waals surface area (Å²) in [5.74, 6) is 0. The Balaban J connectivity index is 1.64. The van der Waals surface area contributed by atoms with Crippen LogP contribution < -0.4 is 5.32 Å². The Bertz CT molecular complexity index is 384. The van der Waals surface area contributed by atoms with Gasteiger partial charge in [-0.05, 0) is 36.8 Å². The van der Waals surface area contributed by atoms with Crippen LogP contribution in [-0.4, -0.2) is 22.9 Å². The van der Waals surface area contributed by atoms with Gasteiger partial charge in [0, 0.05) is 26.2 Å². The van der Waals surface area contributed by atoms with Gasteiger partial charge in [0.15, 0.2) is 0 Å². The van der Waals surface area contributed by atoms with Crippen molar-refractivity contribution >= 4 is 0 Å². The molecule has 4 heteroatoms. The lowest BCUT2D eigenvalue weighted by molar-refractivity contribution is 0.469. The van der Waals surface area contributed by atoms with E-state index in [1.54, 1.807) is 0 Å². The second kappa shape index (κ2) is 4.67. The highest BCUT2D eigenvalue weighted by molar-refractivity contribution is 5.04. The quantitative estimate of drug-likeness (QED) is 0.731. The van der Waals surface area contributed by atoms with Gasteiger partial charge in [0.05, 0.1) is 12.3 Å². The Morgan fingerprint density at radius 2 is 2.44 bits per heavy atom. The maximum Gasteiger partial charge on any atom is 0.0628 e. The first-order valence-corrected chi connectivity index (χ1v) is 5.79. The smallest absolute Gasteiger partial charge is 0.0628 e. The van der Waals surface area contributed by atoms with Crippen molar-refractivity contribution in [3.63, 3.8) is 0 Å². The molecule has 1 heterocycles. The molecule has 1 aliphatic rings. The van der Waals surface area contributed by atoms with E-state index in [0.29, 0.717) is 11.8 Å². The van der Waals surface area contributed by atoms with Crippen LogP contribution in [0.15, 0.2) is 12.4 Å². The van der Waals surface area contributed by atoms with E-state index < -0.39 is 0 Å². The van der Waals surface area contributed by atoms with E-state index in [9.17, 15) is 0 Å². The number of rotatable bonds is 6. The SMILES string of the molecule is Cn1cc(CCNCC2(CC#N)CC2)cn1. The molecule has 0 atom stereocenters. The highest BCUT2D eigenvalue weighted by atomic mass is 15.2. The number of nitrogens with zero attached hydrogens (tertiary/aromatic N) is 3. The van der Waals surface area contributed by atoms with Gasteiger partial charge >= 0.3 is 0 Å². The number of hydrogen-bond donors (Lipinski definition) is 1. The maximum atomic E-state index is 8.69. The van der Waals surface area contributed by atoms with Crippen LogP contribution in [0, 0.1) is 16.7 Å². The number of hydrogen-bond acceptors (Lipinski definition) is 3. The fourth-order valence-electron chi connectivity index (χ4n) is 1.95. The summed E-state index contributed by atoms with van der Waals surface area (Å²) in [7, 11) is 1.93. The van der Waals surface area contributed by atoms with Crippen LogP contribution in [0.25, 0.3) is 0 Å². The minimum absolute atomic E-state index is 0.309. The zero-order valence-corrected chi connectivity index (χ0v) is 9.74.